The number of amides is 3. The number of nitrogens with one attached hydrogen (secondary N) is 1. The molecule has 1 heterocycles. The number of imide groups is 1. The van der Waals surface area contributed by atoms with E-state index >= 15 is 0 Å². The SMILES string of the molecule is COC(=O)C1=C(C)NC(=O)N(C=O)C1c1ccccc1. The first-order chi connectivity index (χ1) is 9.60. The molecule has 1 aromatic rings. The number of nitrogens with zero attached hydrogens (tertiary/aromatic N) is 1. The average molecular weight is 274 g/mol. The second-order valence-corrected chi connectivity index (χ2v) is 4.29. The van der Waals surface area contributed by atoms with Crippen molar-refractivity contribution < 1.29 is 19.1 Å². The van der Waals surface area contributed by atoms with E-state index in [0.29, 0.717) is 17.7 Å². The number of hydrogen-bond acceptors (Lipinski definition) is 4. The smallest absolute Gasteiger partial charge is 0.337 e. The third-order valence-electron chi connectivity index (χ3n) is 3.12. The van der Waals surface area contributed by atoms with Crippen LogP contribution in [-0.2, 0) is 14.3 Å². The summed E-state index contributed by atoms with van der Waals surface area (Å²) in [5.41, 5.74) is 1.29. The summed E-state index contributed by atoms with van der Waals surface area (Å²) < 4.78 is 4.75. The quantitative estimate of drug-likeness (QED) is 0.667. The average Bonchev–Trinajstić information content (AvgIpc) is 2.46. The minimum atomic E-state index is -0.783. The number of carbonyl (C=O) groups excluding carboxylic acids is 3. The third kappa shape index (κ3) is 2.27. The molecule has 1 aliphatic rings. The Morgan fingerprint density at radius 3 is 2.55 bits per heavy atom. The van der Waals surface area contributed by atoms with Gasteiger partial charge < -0.3 is 10.1 Å². The highest BCUT2D eigenvalue weighted by Crippen LogP contribution is 2.32. The maximum absolute atomic E-state index is 12.0. The normalized spacial score (nSPS) is 18.6. The Morgan fingerprint density at radius 1 is 1.35 bits per heavy atom. The van der Waals surface area contributed by atoms with Crippen molar-refractivity contribution in [3.63, 3.8) is 0 Å². The molecule has 1 N–H and O–H groups in total. The van der Waals surface area contributed by atoms with Gasteiger partial charge in [-0.3, -0.25) is 9.69 Å². The van der Waals surface area contributed by atoms with Crippen LogP contribution in [0.5, 0.6) is 0 Å². The van der Waals surface area contributed by atoms with Crippen molar-refractivity contribution in [2.45, 2.75) is 13.0 Å². The Morgan fingerprint density at radius 2 is 2.00 bits per heavy atom. The van der Waals surface area contributed by atoms with Crippen LogP contribution in [-0.4, -0.2) is 30.4 Å². The minimum Gasteiger partial charge on any atom is -0.466 e. The molecule has 0 aliphatic carbocycles. The maximum Gasteiger partial charge on any atom is 0.337 e. The second kappa shape index (κ2) is 5.56. The van der Waals surface area contributed by atoms with Gasteiger partial charge in [-0.1, -0.05) is 30.3 Å². The van der Waals surface area contributed by atoms with Crippen molar-refractivity contribution in [3.8, 4) is 0 Å². The molecule has 0 saturated carbocycles. The molecule has 6 nitrogen and oxygen atoms in total. The van der Waals surface area contributed by atoms with Crippen LogP contribution in [0.3, 0.4) is 0 Å². The number of methoxy groups -OCH3 is 1. The van der Waals surface area contributed by atoms with Crippen LogP contribution in [0.1, 0.15) is 18.5 Å². The Bertz CT molecular complexity index is 580. The monoisotopic (exact) mass is 274 g/mol. The minimum absolute atomic E-state index is 0.241. The number of urea groups is 1. The molecule has 2 rings (SSSR count). The number of benzene rings is 1. The summed E-state index contributed by atoms with van der Waals surface area (Å²) in [5, 5.41) is 2.48. The van der Waals surface area contributed by atoms with E-state index in [4.69, 9.17) is 4.74 Å². The fourth-order valence-electron chi connectivity index (χ4n) is 2.20. The van der Waals surface area contributed by atoms with Crippen molar-refractivity contribution in [1.82, 2.24) is 10.2 Å². The summed E-state index contributed by atoms with van der Waals surface area (Å²) in [6.07, 6.45) is 0.405. The molecule has 1 unspecified atom stereocenters. The first kappa shape index (κ1) is 13.8. The zero-order valence-corrected chi connectivity index (χ0v) is 11.1. The van der Waals surface area contributed by atoms with Gasteiger partial charge in [0.05, 0.1) is 12.7 Å². The summed E-state index contributed by atoms with van der Waals surface area (Å²) >= 11 is 0. The first-order valence-corrected chi connectivity index (χ1v) is 5.98. The Kier molecular flexibility index (Phi) is 3.84. The number of ether oxygens (including phenoxy) is 1. The molecule has 1 aliphatic heterocycles. The van der Waals surface area contributed by atoms with Gasteiger partial charge in [0.1, 0.15) is 6.04 Å². The Hall–Kier alpha value is -2.63. The van der Waals surface area contributed by atoms with Crippen LogP contribution < -0.4 is 5.32 Å². The standard InChI is InChI=1S/C14H14N2O4/c1-9-11(13(18)20-2)12(10-6-4-3-5-7-10)16(8-17)14(19)15-9/h3-8,12H,1-2H3,(H,15,19). The van der Waals surface area contributed by atoms with Crippen LogP contribution in [0.2, 0.25) is 0 Å². The fourth-order valence-corrected chi connectivity index (χ4v) is 2.20. The van der Waals surface area contributed by atoms with Crippen molar-refractivity contribution in [2.24, 2.45) is 0 Å². The molecular formula is C14H14N2O4. The summed E-state index contributed by atoms with van der Waals surface area (Å²) in [7, 11) is 1.26. The van der Waals surface area contributed by atoms with Crippen LogP contribution in [0.15, 0.2) is 41.6 Å². The van der Waals surface area contributed by atoms with E-state index < -0.39 is 18.0 Å². The van der Waals surface area contributed by atoms with Gasteiger partial charge in [-0.2, -0.15) is 0 Å². The molecule has 1 aromatic carbocycles. The van der Waals surface area contributed by atoms with Gasteiger partial charge in [0, 0.05) is 5.70 Å². The van der Waals surface area contributed by atoms with E-state index in [-0.39, 0.29) is 5.57 Å². The van der Waals surface area contributed by atoms with E-state index in [2.05, 4.69) is 5.32 Å². The lowest BCUT2D eigenvalue weighted by atomic mass is 9.94. The molecular weight excluding hydrogens is 260 g/mol. The van der Waals surface area contributed by atoms with Gasteiger partial charge in [-0.25, -0.2) is 9.59 Å². The van der Waals surface area contributed by atoms with E-state index in [0.717, 1.165) is 4.90 Å². The molecule has 20 heavy (non-hydrogen) atoms. The molecule has 104 valence electrons. The fraction of sp³-hybridized carbons (Fsp3) is 0.214. The highest BCUT2D eigenvalue weighted by atomic mass is 16.5. The lowest BCUT2D eigenvalue weighted by Crippen LogP contribution is -2.47. The third-order valence-corrected chi connectivity index (χ3v) is 3.12. The topological polar surface area (TPSA) is 75.7 Å². The highest BCUT2D eigenvalue weighted by molar-refractivity contribution is 5.98. The van der Waals surface area contributed by atoms with E-state index in [1.165, 1.54) is 7.11 Å². The molecule has 0 fully saturated rings. The molecule has 1 atom stereocenters. The summed E-state index contributed by atoms with van der Waals surface area (Å²) in [6.45, 7) is 1.60. The lowest BCUT2D eigenvalue weighted by molar-refractivity contribution is -0.137. The van der Waals surface area contributed by atoms with Crippen LogP contribution >= 0.6 is 0 Å². The van der Waals surface area contributed by atoms with E-state index in [1.54, 1.807) is 31.2 Å². The maximum atomic E-state index is 12.0. The van der Waals surface area contributed by atoms with Gasteiger partial charge >= 0.3 is 12.0 Å². The predicted octanol–water partition coefficient (Wildman–Crippen LogP) is 1.36. The van der Waals surface area contributed by atoms with Crippen molar-refractivity contribution in [3.05, 3.63) is 47.2 Å². The van der Waals surface area contributed by atoms with E-state index in [9.17, 15) is 14.4 Å². The molecule has 6 heteroatoms. The predicted molar refractivity (Wildman–Crippen MR) is 70.3 cm³/mol. The number of carbonyl (C=O) groups is 3. The number of rotatable bonds is 3. The summed E-state index contributed by atoms with van der Waals surface area (Å²) in [4.78, 5) is 36.0. The Balaban J connectivity index is 2.60. The second-order valence-electron chi connectivity index (χ2n) is 4.29. The molecule has 0 spiro atoms. The van der Waals surface area contributed by atoms with Crippen LogP contribution in [0.25, 0.3) is 0 Å². The first-order valence-electron chi connectivity index (χ1n) is 5.98. The highest BCUT2D eigenvalue weighted by Gasteiger charge is 2.38. The number of allylic oxidation sites excluding steroid dienone is 1. The zero-order valence-electron chi connectivity index (χ0n) is 11.1. The largest absolute Gasteiger partial charge is 0.466 e. The summed E-state index contributed by atoms with van der Waals surface area (Å²) in [6, 6.07) is 7.50. The lowest BCUT2D eigenvalue weighted by Gasteiger charge is -2.33. The number of esters is 1. The van der Waals surface area contributed by atoms with Gasteiger partial charge in [0.15, 0.2) is 0 Å². The van der Waals surface area contributed by atoms with Crippen molar-refractivity contribution >= 4 is 18.4 Å². The van der Waals surface area contributed by atoms with Gasteiger partial charge in [0.2, 0.25) is 6.41 Å². The Labute approximate surface area is 116 Å². The molecule has 0 radical (unpaired) electrons. The molecule has 0 bridgehead atoms. The zero-order chi connectivity index (χ0) is 14.7. The van der Waals surface area contributed by atoms with Crippen molar-refractivity contribution in [1.29, 1.82) is 0 Å². The molecule has 0 aromatic heterocycles. The van der Waals surface area contributed by atoms with Gasteiger partial charge in [-0.15, -0.1) is 0 Å². The summed E-state index contributed by atoms with van der Waals surface area (Å²) in [5.74, 6) is -0.580. The van der Waals surface area contributed by atoms with E-state index in [1.807, 2.05) is 6.07 Å². The van der Waals surface area contributed by atoms with Crippen LogP contribution in [0, 0.1) is 0 Å². The molecule has 3 amide bonds. The van der Waals surface area contributed by atoms with Gasteiger partial charge in [0.25, 0.3) is 0 Å². The van der Waals surface area contributed by atoms with Gasteiger partial charge in [-0.05, 0) is 12.5 Å². The molecule has 0 saturated heterocycles. The number of hydrogen-bond donors (Lipinski definition) is 1. The van der Waals surface area contributed by atoms with Crippen LogP contribution in [0.4, 0.5) is 4.79 Å². The van der Waals surface area contributed by atoms with Crippen molar-refractivity contribution in [2.75, 3.05) is 7.11 Å².